The Labute approximate surface area is 141 Å². The summed E-state index contributed by atoms with van der Waals surface area (Å²) in [6, 6.07) is 14.0. The van der Waals surface area contributed by atoms with Crippen molar-refractivity contribution in [3.63, 3.8) is 0 Å². The average Bonchev–Trinajstić information content (AvgIpc) is 3.23. The normalized spacial score (nSPS) is 11.0. The Bertz CT molecular complexity index is 935. The number of hydrogen-bond donors (Lipinski definition) is 1. The number of furan rings is 1. The number of thiophene rings is 1. The van der Waals surface area contributed by atoms with Crippen LogP contribution in [0.25, 0.3) is 21.3 Å². The largest absolute Gasteiger partial charge is 0.467 e. The lowest BCUT2D eigenvalue weighted by Gasteiger charge is -2.08. The summed E-state index contributed by atoms with van der Waals surface area (Å²) in [5, 5.41) is 6.61. The van der Waals surface area contributed by atoms with Gasteiger partial charge in [-0.3, -0.25) is 0 Å². The molecule has 0 saturated carbocycles. The van der Waals surface area contributed by atoms with Crippen LogP contribution in [-0.2, 0) is 6.54 Å². The predicted molar refractivity (Wildman–Crippen MR) is 93.9 cm³/mol. The number of rotatable bonds is 4. The molecule has 0 unspecified atom stereocenters. The second-order valence-corrected chi connectivity index (χ2v) is 6.17. The quantitative estimate of drug-likeness (QED) is 0.517. The summed E-state index contributed by atoms with van der Waals surface area (Å²) in [6.45, 7) is 0.541. The zero-order chi connectivity index (χ0) is 15.6. The Morgan fingerprint density at radius 2 is 1.96 bits per heavy atom. The van der Waals surface area contributed by atoms with Gasteiger partial charge in [0.2, 0.25) is 5.28 Å². The molecule has 1 N–H and O–H groups in total. The second-order valence-electron chi connectivity index (χ2n) is 4.97. The number of nitrogens with zero attached hydrogens (tertiary/aromatic N) is 2. The van der Waals surface area contributed by atoms with Crippen LogP contribution in [0.1, 0.15) is 5.76 Å². The van der Waals surface area contributed by atoms with E-state index in [9.17, 15) is 0 Å². The highest BCUT2D eigenvalue weighted by Gasteiger charge is 2.15. The van der Waals surface area contributed by atoms with Crippen LogP contribution in [-0.4, -0.2) is 9.97 Å². The minimum atomic E-state index is 0.237. The van der Waals surface area contributed by atoms with E-state index in [0.717, 1.165) is 32.9 Å². The van der Waals surface area contributed by atoms with Crippen molar-refractivity contribution in [2.24, 2.45) is 0 Å². The molecule has 4 nitrogen and oxygen atoms in total. The van der Waals surface area contributed by atoms with E-state index in [1.807, 2.05) is 30.3 Å². The minimum Gasteiger partial charge on any atom is -0.467 e. The molecule has 6 heteroatoms. The molecule has 3 aromatic heterocycles. The molecule has 0 spiro atoms. The summed E-state index contributed by atoms with van der Waals surface area (Å²) >= 11 is 7.62. The molecular formula is C17H12ClN3OS. The number of benzene rings is 1. The zero-order valence-corrected chi connectivity index (χ0v) is 13.6. The van der Waals surface area contributed by atoms with E-state index >= 15 is 0 Å². The van der Waals surface area contributed by atoms with Gasteiger partial charge in [-0.15, -0.1) is 11.3 Å². The van der Waals surface area contributed by atoms with Gasteiger partial charge in [0.25, 0.3) is 0 Å². The van der Waals surface area contributed by atoms with Gasteiger partial charge in [0.05, 0.1) is 18.2 Å². The van der Waals surface area contributed by atoms with Crippen molar-refractivity contribution in [2.75, 3.05) is 5.32 Å². The average molecular weight is 342 g/mol. The SMILES string of the molecule is Clc1nc(NCc2ccco2)c2c(-c3ccccc3)csc2n1. The Balaban J connectivity index is 1.80. The van der Waals surface area contributed by atoms with Crippen molar-refractivity contribution in [1.82, 2.24) is 9.97 Å². The number of aromatic nitrogens is 2. The summed E-state index contributed by atoms with van der Waals surface area (Å²) in [4.78, 5) is 9.57. The zero-order valence-electron chi connectivity index (χ0n) is 12.0. The highest BCUT2D eigenvalue weighted by atomic mass is 35.5. The summed E-state index contributed by atoms with van der Waals surface area (Å²) in [6.07, 6.45) is 1.65. The number of fused-ring (bicyclic) bond motifs is 1. The molecule has 1 aromatic carbocycles. The lowest BCUT2D eigenvalue weighted by molar-refractivity contribution is 0.518. The van der Waals surface area contributed by atoms with Gasteiger partial charge in [0, 0.05) is 10.9 Å². The number of nitrogens with one attached hydrogen (secondary N) is 1. The smallest absolute Gasteiger partial charge is 0.225 e. The molecule has 0 bridgehead atoms. The third-order valence-electron chi connectivity index (χ3n) is 3.50. The molecule has 0 radical (unpaired) electrons. The van der Waals surface area contributed by atoms with Crippen LogP contribution in [0.2, 0.25) is 5.28 Å². The molecule has 0 aliphatic carbocycles. The van der Waals surface area contributed by atoms with Gasteiger partial charge in [-0.25, -0.2) is 9.97 Å². The summed E-state index contributed by atoms with van der Waals surface area (Å²) in [5.41, 5.74) is 2.23. The Morgan fingerprint density at radius 3 is 2.74 bits per heavy atom. The van der Waals surface area contributed by atoms with Crippen molar-refractivity contribution in [1.29, 1.82) is 0 Å². The van der Waals surface area contributed by atoms with Gasteiger partial charge < -0.3 is 9.73 Å². The van der Waals surface area contributed by atoms with Crippen LogP contribution >= 0.6 is 22.9 Å². The van der Waals surface area contributed by atoms with E-state index in [-0.39, 0.29) is 5.28 Å². The number of anilines is 1. The Morgan fingerprint density at radius 1 is 1.09 bits per heavy atom. The summed E-state index contributed by atoms with van der Waals surface area (Å²) in [7, 11) is 0. The van der Waals surface area contributed by atoms with E-state index in [1.165, 1.54) is 0 Å². The maximum absolute atomic E-state index is 6.06. The molecular weight excluding hydrogens is 330 g/mol. The molecule has 0 aliphatic rings. The Hall–Kier alpha value is -2.37. The van der Waals surface area contributed by atoms with Crippen LogP contribution in [0.3, 0.4) is 0 Å². The minimum absolute atomic E-state index is 0.237. The first-order chi connectivity index (χ1) is 11.3. The van der Waals surface area contributed by atoms with Crippen LogP contribution < -0.4 is 5.32 Å². The summed E-state index contributed by atoms with van der Waals surface area (Å²) in [5.74, 6) is 1.56. The third kappa shape index (κ3) is 2.81. The molecule has 0 fully saturated rings. The molecule has 23 heavy (non-hydrogen) atoms. The van der Waals surface area contributed by atoms with E-state index in [0.29, 0.717) is 6.54 Å². The van der Waals surface area contributed by atoms with Crippen LogP contribution in [0.15, 0.2) is 58.5 Å². The molecule has 0 atom stereocenters. The third-order valence-corrected chi connectivity index (χ3v) is 4.54. The molecule has 3 heterocycles. The van der Waals surface area contributed by atoms with Crippen LogP contribution in [0.5, 0.6) is 0 Å². The fraction of sp³-hybridized carbons (Fsp3) is 0.0588. The molecule has 4 aromatic rings. The van der Waals surface area contributed by atoms with Crippen molar-refractivity contribution in [2.45, 2.75) is 6.54 Å². The van der Waals surface area contributed by atoms with E-state index in [2.05, 4.69) is 32.8 Å². The van der Waals surface area contributed by atoms with Gasteiger partial charge in [-0.1, -0.05) is 30.3 Å². The maximum Gasteiger partial charge on any atom is 0.225 e. The van der Waals surface area contributed by atoms with Gasteiger partial charge in [-0.05, 0) is 29.3 Å². The summed E-state index contributed by atoms with van der Waals surface area (Å²) < 4.78 is 5.36. The highest BCUT2D eigenvalue weighted by Crippen LogP contribution is 2.37. The standard InChI is InChI=1S/C17H12ClN3OS/c18-17-20-15(19-9-12-7-4-8-22-12)14-13(10-23-16(14)21-17)11-5-2-1-3-6-11/h1-8,10H,9H2,(H,19,20,21). The van der Waals surface area contributed by atoms with Gasteiger partial charge in [0.1, 0.15) is 16.4 Å². The first-order valence-electron chi connectivity index (χ1n) is 7.07. The fourth-order valence-corrected chi connectivity index (χ4v) is 3.62. The number of halogens is 1. The van der Waals surface area contributed by atoms with E-state index in [1.54, 1.807) is 17.6 Å². The van der Waals surface area contributed by atoms with E-state index < -0.39 is 0 Å². The lowest BCUT2D eigenvalue weighted by atomic mass is 10.1. The first kappa shape index (κ1) is 14.2. The van der Waals surface area contributed by atoms with Crippen molar-refractivity contribution in [3.05, 3.63) is 65.2 Å². The second kappa shape index (κ2) is 6.02. The lowest BCUT2D eigenvalue weighted by Crippen LogP contribution is -2.02. The molecule has 114 valence electrons. The molecule has 0 aliphatic heterocycles. The topological polar surface area (TPSA) is 51.0 Å². The monoisotopic (exact) mass is 341 g/mol. The molecule has 0 amide bonds. The predicted octanol–water partition coefficient (Wildman–Crippen LogP) is 5.22. The van der Waals surface area contributed by atoms with E-state index in [4.69, 9.17) is 16.0 Å². The van der Waals surface area contributed by atoms with Gasteiger partial charge >= 0.3 is 0 Å². The van der Waals surface area contributed by atoms with Crippen molar-refractivity contribution < 1.29 is 4.42 Å². The first-order valence-corrected chi connectivity index (χ1v) is 8.33. The number of hydrogen-bond acceptors (Lipinski definition) is 5. The maximum atomic E-state index is 6.06. The fourth-order valence-electron chi connectivity index (χ4n) is 2.46. The van der Waals surface area contributed by atoms with Crippen molar-refractivity contribution in [3.8, 4) is 11.1 Å². The Kier molecular flexibility index (Phi) is 3.73. The van der Waals surface area contributed by atoms with Crippen molar-refractivity contribution >= 4 is 39.0 Å². The molecule has 0 saturated heterocycles. The van der Waals surface area contributed by atoms with Crippen LogP contribution in [0.4, 0.5) is 5.82 Å². The highest BCUT2D eigenvalue weighted by molar-refractivity contribution is 7.17. The van der Waals surface area contributed by atoms with Crippen LogP contribution in [0, 0.1) is 0 Å². The van der Waals surface area contributed by atoms with Gasteiger partial charge in [-0.2, -0.15) is 0 Å². The van der Waals surface area contributed by atoms with Gasteiger partial charge in [0.15, 0.2) is 0 Å². The molecule has 4 rings (SSSR count).